The van der Waals surface area contributed by atoms with Crippen molar-refractivity contribution < 1.29 is 0 Å². The van der Waals surface area contributed by atoms with Gasteiger partial charge in [-0.1, -0.05) is 30.3 Å². The van der Waals surface area contributed by atoms with Gasteiger partial charge >= 0.3 is 0 Å². The highest BCUT2D eigenvalue weighted by molar-refractivity contribution is 5.42. The van der Waals surface area contributed by atoms with E-state index in [1.54, 1.807) is 0 Å². The molecule has 2 aromatic rings. The first kappa shape index (κ1) is 12.7. The predicted octanol–water partition coefficient (Wildman–Crippen LogP) is 4.15. The molecule has 0 bridgehead atoms. The van der Waals surface area contributed by atoms with E-state index in [2.05, 4.69) is 55.6 Å². The Labute approximate surface area is 110 Å². The van der Waals surface area contributed by atoms with Gasteiger partial charge in [-0.2, -0.15) is 0 Å². The molecule has 1 radical (unpaired) electrons. The molecule has 0 saturated heterocycles. The molecule has 0 aliphatic rings. The molecule has 1 heteroatoms. The molecule has 93 valence electrons. The lowest BCUT2D eigenvalue weighted by Gasteiger charge is -2.09. The first-order chi connectivity index (χ1) is 8.77. The van der Waals surface area contributed by atoms with Crippen molar-refractivity contribution in [1.82, 2.24) is 0 Å². The molecule has 1 N–H and O–H groups in total. The molecule has 0 spiro atoms. The van der Waals surface area contributed by atoms with Crippen LogP contribution in [0.5, 0.6) is 0 Å². The third-order valence-electron chi connectivity index (χ3n) is 3.39. The summed E-state index contributed by atoms with van der Waals surface area (Å²) in [6.45, 7) is 5.40. The van der Waals surface area contributed by atoms with Crippen molar-refractivity contribution in [1.29, 1.82) is 0 Å². The van der Waals surface area contributed by atoms with Crippen LogP contribution in [-0.4, -0.2) is 6.54 Å². The Morgan fingerprint density at radius 3 is 2.61 bits per heavy atom. The molecule has 0 saturated carbocycles. The van der Waals surface area contributed by atoms with Gasteiger partial charge in [0.1, 0.15) is 0 Å². The zero-order valence-corrected chi connectivity index (χ0v) is 11.2. The van der Waals surface area contributed by atoms with E-state index in [4.69, 9.17) is 0 Å². The summed E-state index contributed by atoms with van der Waals surface area (Å²) in [6.07, 6.45) is 2.29. The van der Waals surface area contributed by atoms with Crippen molar-refractivity contribution in [2.45, 2.75) is 26.7 Å². The third kappa shape index (κ3) is 3.36. The summed E-state index contributed by atoms with van der Waals surface area (Å²) in [7, 11) is 0. The zero-order valence-electron chi connectivity index (χ0n) is 11.2. The first-order valence-electron chi connectivity index (χ1n) is 6.52. The normalized spacial score (nSPS) is 10.3. The number of rotatable bonds is 5. The molecule has 0 atom stereocenters. The van der Waals surface area contributed by atoms with Crippen LogP contribution in [0.1, 0.15) is 23.1 Å². The molecule has 0 heterocycles. The highest BCUT2D eigenvalue weighted by Crippen LogP contribution is 2.14. The Morgan fingerprint density at radius 1 is 1.06 bits per heavy atom. The van der Waals surface area contributed by atoms with Gasteiger partial charge < -0.3 is 5.32 Å². The molecular weight excluding hydrogens is 218 g/mol. The average Bonchev–Trinajstić information content (AvgIpc) is 2.40. The average molecular weight is 238 g/mol. The monoisotopic (exact) mass is 238 g/mol. The number of hydrogen-bond donors (Lipinski definition) is 1. The number of hydrogen-bond acceptors (Lipinski definition) is 1. The lowest BCUT2D eigenvalue weighted by Crippen LogP contribution is -2.03. The highest BCUT2D eigenvalue weighted by atomic mass is 14.9. The molecule has 0 aromatic heterocycles. The summed E-state index contributed by atoms with van der Waals surface area (Å²) in [4.78, 5) is 0. The van der Waals surface area contributed by atoms with Gasteiger partial charge in [0.2, 0.25) is 0 Å². The maximum atomic E-state index is 3.43. The minimum Gasteiger partial charge on any atom is -0.385 e. The van der Waals surface area contributed by atoms with E-state index < -0.39 is 0 Å². The van der Waals surface area contributed by atoms with E-state index in [1.807, 2.05) is 12.1 Å². The summed E-state index contributed by atoms with van der Waals surface area (Å²) in [5, 5.41) is 3.43. The maximum Gasteiger partial charge on any atom is 0.0340 e. The number of anilines is 1. The van der Waals surface area contributed by atoms with Crippen molar-refractivity contribution in [2.75, 3.05) is 11.9 Å². The van der Waals surface area contributed by atoms with E-state index in [-0.39, 0.29) is 0 Å². The van der Waals surface area contributed by atoms with Gasteiger partial charge in [-0.3, -0.25) is 0 Å². The van der Waals surface area contributed by atoms with E-state index in [9.17, 15) is 0 Å². The van der Waals surface area contributed by atoms with Crippen molar-refractivity contribution in [3.8, 4) is 0 Å². The summed E-state index contributed by atoms with van der Waals surface area (Å²) >= 11 is 0. The van der Waals surface area contributed by atoms with Crippen molar-refractivity contribution >= 4 is 5.69 Å². The second kappa shape index (κ2) is 6.25. The van der Waals surface area contributed by atoms with Gasteiger partial charge in [0, 0.05) is 12.2 Å². The maximum absolute atomic E-state index is 3.43. The highest BCUT2D eigenvalue weighted by Gasteiger charge is 2.00. The van der Waals surface area contributed by atoms with Gasteiger partial charge in [0.15, 0.2) is 0 Å². The summed E-state index contributed by atoms with van der Waals surface area (Å²) < 4.78 is 0. The van der Waals surface area contributed by atoms with Gasteiger partial charge in [0.25, 0.3) is 0 Å². The molecule has 2 rings (SSSR count). The molecule has 2 aromatic carbocycles. The Hall–Kier alpha value is -1.76. The first-order valence-corrected chi connectivity index (χ1v) is 6.52. The lowest BCUT2D eigenvalue weighted by molar-refractivity contribution is 0.855. The minimum atomic E-state index is 1.01. The SMILES string of the molecule is Cc1cccc(CCCNc2cc[c]cc2)c1C. The fraction of sp³-hybridized carbons (Fsp3) is 0.294. The minimum absolute atomic E-state index is 1.01. The second-order valence-corrected chi connectivity index (χ2v) is 4.68. The quantitative estimate of drug-likeness (QED) is 0.772. The Bertz CT molecular complexity index is 488. The van der Waals surface area contributed by atoms with E-state index in [0.717, 1.165) is 19.4 Å². The summed E-state index contributed by atoms with van der Waals surface area (Å²) in [5.41, 5.74) is 5.47. The predicted molar refractivity (Wildman–Crippen MR) is 78.0 cm³/mol. The Morgan fingerprint density at radius 2 is 1.83 bits per heavy atom. The number of aryl methyl sites for hydroxylation is 2. The van der Waals surface area contributed by atoms with Crippen LogP contribution in [0.4, 0.5) is 5.69 Å². The van der Waals surface area contributed by atoms with Crippen molar-refractivity contribution in [2.24, 2.45) is 0 Å². The van der Waals surface area contributed by atoms with Crippen molar-refractivity contribution in [3.63, 3.8) is 0 Å². The van der Waals surface area contributed by atoms with E-state index in [1.165, 1.54) is 22.4 Å². The standard InChI is InChI=1S/C17H20N/c1-14-8-6-9-16(15(14)2)10-7-13-18-17-11-4-3-5-12-17/h4-6,8-9,11-12,18H,7,10,13H2,1-2H3. The smallest absolute Gasteiger partial charge is 0.0340 e. The molecule has 0 aliphatic carbocycles. The summed E-state index contributed by atoms with van der Waals surface area (Å²) in [5.74, 6) is 0. The zero-order chi connectivity index (χ0) is 12.8. The topological polar surface area (TPSA) is 12.0 Å². The van der Waals surface area contributed by atoms with Gasteiger partial charge in [-0.05, 0) is 61.6 Å². The Kier molecular flexibility index (Phi) is 4.40. The fourth-order valence-electron chi connectivity index (χ4n) is 2.10. The molecule has 18 heavy (non-hydrogen) atoms. The molecule has 1 nitrogen and oxygen atoms in total. The van der Waals surface area contributed by atoms with Crippen LogP contribution in [0.15, 0.2) is 42.5 Å². The van der Waals surface area contributed by atoms with Crippen LogP contribution < -0.4 is 5.32 Å². The lowest BCUT2D eigenvalue weighted by atomic mass is 10.00. The number of nitrogens with one attached hydrogen (secondary N) is 1. The van der Waals surface area contributed by atoms with Crippen LogP contribution in [-0.2, 0) is 6.42 Å². The van der Waals surface area contributed by atoms with Gasteiger partial charge in [-0.15, -0.1) is 0 Å². The molecule has 0 unspecified atom stereocenters. The molecule has 0 aliphatic heterocycles. The summed E-state index contributed by atoms with van der Waals surface area (Å²) in [6, 6.07) is 17.6. The Balaban J connectivity index is 1.81. The second-order valence-electron chi connectivity index (χ2n) is 4.68. The van der Waals surface area contributed by atoms with Crippen molar-refractivity contribution in [3.05, 3.63) is 65.2 Å². The fourth-order valence-corrected chi connectivity index (χ4v) is 2.10. The molecule has 0 amide bonds. The molecular formula is C17H20N. The van der Waals surface area contributed by atoms with E-state index in [0.29, 0.717) is 0 Å². The third-order valence-corrected chi connectivity index (χ3v) is 3.39. The van der Waals surface area contributed by atoms with Gasteiger partial charge in [0.05, 0.1) is 0 Å². The van der Waals surface area contributed by atoms with Crippen LogP contribution in [0.2, 0.25) is 0 Å². The number of benzene rings is 2. The van der Waals surface area contributed by atoms with Crippen LogP contribution >= 0.6 is 0 Å². The van der Waals surface area contributed by atoms with Crippen LogP contribution in [0, 0.1) is 19.9 Å². The molecule has 0 fully saturated rings. The van der Waals surface area contributed by atoms with Gasteiger partial charge in [-0.25, -0.2) is 0 Å². The van der Waals surface area contributed by atoms with Crippen LogP contribution in [0.3, 0.4) is 0 Å². The van der Waals surface area contributed by atoms with Crippen LogP contribution in [0.25, 0.3) is 0 Å². The van der Waals surface area contributed by atoms with E-state index >= 15 is 0 Å². The largest absolute Gasteiger partial charge is 0.385 e.